The summed E-state index contributed by atoms with van der Waals surface area (Å²) in [6.07, 6.45) is 1.63. The Labute approximate surface area is 155 Å². The van der Waals surface area contributed by atoms with Gasteiger partial charge in [-0.05, 0) is 47.7 Å². The van der Waals surface area contributed by atoms with E-state index in [4.69, 9.17) is 14.2 Å². The van der Waals surface area contributed by atoms with Gasteiger partial charge in [-0.15, -0.1) is 0 Å². The Morgan fingerprint density at radius 3 is 2.46 bits per heavy atom. The lowest BCUT2D eigenvalue weighted by atomic mass is 10.2. The maximum Gasteiger partial charge on any atom is 0.290 e. The van der Waals surface area contributed by atoms with E-state index in [9.17, 15) is 9.59 Å². The van der Waals surface area contributed by atoms with Crippen LogP contribution in [0.15, 0.2) is 53.4 Å². The number of benzene rings is 2. The predicted molar refractivity (Wildman–Crippen MR) is 99.5 cm³/mol. The van der Waals surface area contributed by atoms with E-state index >= 15 is 0 Å². The SMILES string of the molecule is COc1cc(/C=C2\SC(=O)NC2=O)ccc1OCCOc1ccccc1. The second kappa shape index (κ2) is 8.44. The van der Waals surface area contributed by atoms with Crippen LogP contribution in [-0.4, -0.2) is 31.5 Å². The topological polar surface area (TPSA) is 73.9 Å². The summed E-state index contributed by atoms with van der Waals surface area (Å²) in [4.78, 5) is 23.2. The average molecular weight is 371 g/mol. The number of hydrogen-bond acceptors (Lipinski definition) is 6. The van der Waals surface area contributed by atoms with Gasteiger partial charge in [0.15, 0.2) is 11.5 Å². The molecule has 0 bridgehead atoms. The Morgan fingerprint density at radius 1 is 1.00 bits per heavy atom. The molecular formula is C19H17NO5S. The van der Waals surface area contributed by atoms with Crippen LogP contribution in [-0.2, 0) is 4.79 Å². The van der Waals surface area contributed by atoms with Crippen LogP contribution in [0.25, 0.3) is 6.08 Å². The monoisotopic (exact) mass is 371 g/mol. The summed E-state index contributed by atoms with van der Waals surface area (Å²) in [5.74, 6) is 1.50. The lowest BCUT2D eigenvalue weighted by molar-refractivity contribution is -0.115. The van der Waals surface area contributed by atoms with Crippen LogP contribution in [0.4, 0.5) is 4.79 Å². The number of carbonyl (C=O) groups is 2. The largest absolute Gasteiger partial charge is 0.493 e. The molecule has 0 spiro atoms. The van der Waals surface area contributed by atoms with E-state index in [1.54, 1.807) is 31.4 Å². The molecular weight excluding hydrogens is 354 g/mol. The fourth-order valence-corrected chi connectivity index (χ4v) is 2.98. The maximum atomic E-state index is 11.6. The Kier molecular flexibility index (Phi) is 5.80. The van der Waals surface area contributed by atoms with E-state index < -0.39 is 5.91 Å². The smallest absolute Gasteiger partial charge is 0.290 e. The number of carbonyl (C=O) groups excluding carboxylic acids is 2. The van der Waals surface area contributed by atoms with Gasteiger partial charge in [-0.3, -0.25) is 14.9 Å². The van der Waals surface area contributed by atoms with Gasteiger partial charge in [-0.25, -0.2) is 0 Å². The van der Waals surface area contributed by atoms with Gasteiger partial charge in [-0.1, -0.05) is 24.3 Å². The van der Waals surface area contributed by atoms with Crippen molar-refractivity contribution < 1.29 is 23.8 Å². The number of methoxy groups -OCH3 is 1. The van der Waals surface area contributed by atoms with Crippen LogP contribution in [0.5, 0.6) is 17.2 Å². The molecule has 1 saturated heterocycles. The van der Waals surface area contributed by atoms with E-state index in [0.29, 0.717) is 29.6 Å². The van der Waals surface area contributed by atoms with Crippen LogP contribution in [0.2, 0.25) is 0 Å². The van der Waals surface area contributed by atoms with Crippen molar-refractivity contribution in [3.8, 4) is 17.2 Å². The van der Waals surface area contributed by atoms with Crippen LogP contribution >= 0.6 is 11.8 Å². The maximum absolute atomic E-state index is 11.6. The normalized spacial score (nSPS) is 15.0. The number of ether oxygens (including phenoxy) is 3. The van der Waals surface area contributed by atoms with Crippen LogP contribution in [0.3, 0.4) is 0 Å². The molecule has 2 aromatic carbocycles. The number of thioether (sulfide) groups is 1. The second-order valence-electron chi connectivity index (χ2n) is 5.27. The first-order chi connectivity index (χ1) is 12.7. The molecule has 1 fully saturated rings. The summed E-state index contributed by atoms with van der Waals surface area (Å²) in [7, 11) is 1.54. The molecule has 0 aromatic heterocycles. The van der Waals surface area contributed by atoms with Gasteiger partial charge in [0.1, 0.15) is 19.0 Å². The van der Waals surface area contributed by atoms with Crippen molar-refractivity contribution in [1.29, 1.82) is 0 Å². The Bertz CT molecular complexity index is 835. The molecule has 0 atom stereocenters. The lowest BCUT2D eigenvalue weighted by Crippen LogP contribution is -2.17. The molecule has 0 radical (unpaired) electrons. The van der Waals surface area contributed by atoms with Crippen molar-refractivity contribution in [2.24, 2.45) is 0 Å². The highest BCUT2D eigenvalue weighted by Gasteiger charge is 2.25. The minimum Gasteiger partial charge on any atom is -0.493 e. The molecule has 7 heteroatoms. The van der Waals surface area contributed by atoms with Gasteiger partial charge in [0, 0.05) is 0 Å². The van der Waals surface area contributed by atoms with Crippen molar-refractivity contribution in [1.82, 2.24) is 5.32 Å². The molecule has 0 saturated carbocycles. The highest BCUT2D eigenvalue weighted by molar-refractivity contribution is 8.18. The summed E-state index contributed by atoms with van der Waals surface area (Å²) in [5.41, 5.74) is 0.738. The van der Waals surface area contributed by atoms with E-state index in [0.717, 1.165) is 23.1 Å². The quantitative estimate of drug-likeness (QED) is 0.593. The molecule has 0 aliphatic carbocycles. The summed E-state index contributed by atoms with van der Waals surface area (Å²) in [6, 6.07) is 14.8. The number of nitrogens with one attached hydrogen (secondary N) is 1. The highest BCUT2D eigenvalue weighted by atomic mass is 32.2. The average Bonchev–Trinajstić information content (AvgIpc) is 2.97. The summed E-state index contributed by atoms with van der Waals surface area (Å²) < 4.78 is 16.6. The molecule has 134 valence electrons. The first-order valence-electron chi connectivity index (χ1n) is 7.89. The van der Waals surface area contributed by atoms with Crippen LogP contribution in [0, 0.1) is 0 Å². The Hall–Kier alpha value is -2.93. The van der Waals surface area contributed by atoms with Gasteiger partial charge in [0.05, 0.1) is 12.0 Å². The molecule has 1 N–H and O–H groups in total. The molecule has 1 aliphatic rings. The second-order valence-corrected chi connectivity index (χ2v) is 6.29. The third-order valence-electron chi connectivity index (χ3n) is 3.48. The summed E-state index contributed by atoms with van der Waals surface area (Å²) in [5, 5.41) is 1.85. The molecule has 1 heterocycles. The molecule has 26 heavy (non-hydrogen) atoms. The van der Waals surface area contributed by atoms with Crippen LogP contribution < -0.4 is 19.5 Å². The minimum absolute atomic E-state index is 0.349. The fraction of sp³-hybridized carbons (Fsp3) is 0.158. The van der Waals surface area contributed by atoms with Crippen molar-refractivity contribution in [2.45, 2.75) is 0 Å². The number of imide groups is 1. The Morgan fingerprint density at radius 2 is 1.77 bits per heavy atom. The first kappa shape index (κ1) is 17.9. The number of para-hydroxylation sites is 1. The van der Waals surface area contributed by atoms with Crippen molar-refractivity contribution in [2.75, 3.05) is 20.3 Å². The molecule has 2 amide bonds. The predicted octanol–water partition coefficient (Wildman–Crippen LogP) is 3.48. The lowest BCUT2D eigenvalue weighted by Gasteiger charge is -2.12. The van der Waals surface area contributed by atoms with Crippen molar-refractivity contribution in [3.05, 3.63) is 59.0 Å². The Balaban J connectivity index is 1.61. The highest BCUT2D eigenvalue weighted by Crippen LogP contribution is 2.31. The summed E-state index contributed by atoms with van der Waals surface area (Å²) in [6.45, 7) is 0.760. The molecule has 1 aliphatic heterocycles. The van der Waals surface area contributed by atoms with Crippen LogP contribution in [0.1, 0.15) is 5.56 Å². The van der Waals surface area contributed by atoms with Crippen molar-refractivity contribution >= 4 is 29.0 Å². The van der Waals surface area contributed by atoms with E-state index in [1.165, 1.54) is 0 Å². The van der Waals surface area contributed by atoms with E-state index in [1.807, 2.05) is 30.3 Å². The third-order valence-corrected chi connectivity index (χ3v) is 4.29. The number of amides is 2. The first-order valence-corrected chi connectivity index (χ1v) is 8.71. The standard InChI is InChI=1S/C19H17NO5S/c1-23-16-11-13(12-17-18(21)20-19(22)26-17)7-8-15(16)25-10-9-24-14-5-3-2-4-6-14/h2-8,11-12H,9-10H2,1H3,(H,20,21,22)/b17-12-. The zero-order valence-corrected chi connectivity index (χ0v) is 14.9. The minimum atomic E-state index is -0.391. The zero-order chi connectivity index (χ0) is 18.4. The number of rotatable bonds is 7. The molecule has 3 rings (SSSR count). The molecule has 2 aromatic rings. The van der Waals surface area contributed by atoms with Gasteiger partial charge in [0.25, 0.3) is 11.1 Å². The summed E-state index contributed by atoms with van der Waals surface area (Å²) >= 11 is 0.874. The van der Waals surface area contributed by atoms with E-state index in [-0.39, 0.29) is 5.24 Å². The molecule has 0 unspecified atom stereocenters. The van der Waals surface area contributed by atoms with Gasteiger partial charge in [-0.2, -0.15) is 0 Å². The van der Waals surface area contributed by atoms with Gasteiger partial charge in [0.2, 0.25) is 0 Å². The van der Waals surface area contributed by atoms with Gasteiger partial charge < -0.3 is 14.2 Å². The van der Waals surface area contributed by atoms with Gasteiger partial charge >= 0.3 is 0 Å². The van der Waals surface area contributed by atoms with Crippen molar-refractivity contribution in [3.63, 3.8) is 0 Å². The number of hydrogen-bond donors (Lipinski definition) is 1. The molecule has 6 nitrogen and oxygen atoms in total. The van der Waals surface area contributed by atoms with E-state index in [2.05, 4.69) is 5.32 Å². The fourth-order valence-electron chi connectivity index (χ4n) is 2.29. The third kappa shape index (κ3) is 4.58. The zero-order valence-electron chi connectivity index (χ0n) is 14.1.